The minimum Gasteiger partial charge on any atom is -0.481 e. The number of aryl methyl sites for hydroxylation is 1. The summed E-state index contributed by atoms with van der Waals surface area (Å²) in [7, 11) is 0. The lowest BCUT2D eigenvalue weighted by Crippen LogP contribution is -2.61. The van der Waals surface area contributed by atoms with E-state index in [-0.39, 0.29) is 35.6 Å². The van der Waals surface area contributed by atoms with Crippen LogP contribution in [-0.2, 0) is 17.8 Å². The molecule has 3 aromatic heterocycles. The molecule has 0 spiro atoms. The van der Waals surface area contributed by atoms with Crippen LogP contribution in [0.3, 0.4) is 0 Å². The monoisotopic (exact) mass is 581 g/mol. The van der Waals surface area contributed by atoms with Crippen LogP contribution >= 0.6 is 0 Å². The van der Waals surface area contributed by atoms with Gasteiger partial charge >= 0.3 is 5.97 Å². The fourth-order valence-electron chi connectivity index (χ4n) is 5.92. The molecule has 2 fully saturated rings. The predicted molar refractivity (Wildman–Crippen MR) is 135 cm³/mol. The van der Waals surface area contributed by atoms with E-state index in [4.69, 9.17) is 0 Å². The van der Waals surface area contributed by atoms with Crippen LogP contribution in [0.5, 0.6) is 0 Å². The van der Waals surface area contributed by atoms with E-state index in [1.165, 1.54) is 39.8 Å². The third-order valence-corrected chi connectivity index (χ3v) is 7.97. The van der Waals surface area contributed by atoms with Gasteiger partial charge in [-0.3, -0.25) is 19.6 Å². The SMILES string of the molecule is CCn1nccc1C(=O)NC(c1cn2nc(CC3(C(=O)O)CC(F)(F)CNC3O)ccc2n1)C1CCCC(F)(F)C1. The second-order valence-corrected chi connectivity index (χ2v) is 10.9. The average molecular weight is 582 g/mol. The van der Waals surface area contributed by atoms with E-state index in [0.29, 0.717) is 13.0 Å². The molecule has 1 aliphatic heterocycles. The van der Waals surface area contributed by atoms with Crippen LogP contribution in [0.1, 0.15) is 66.9 Å². The molecule has 5 rings (SSSR count). The number of nitrogens with zero attached hydrogens (tertiary/aromatic N) is 5. The van der Waals surface area contributed by atoms with Gasteiger partial charge in [-0.2, -0.15) is 10.2 Å². The van der Waals surface area contributed by atoms with Gasteiger partial charge in [0.05, 0.1) is 30.2 Å². The first-order valence-electron chi connectivity index (χ1n) is 13.4. The summed E-state index contributed by atoms with van der Waals surface area (Å²) in [6.45, 7) is 1.39. The average Bonchev–Trinajstić information content (AvgIpc) is 3.55. The van der Waals surface area contributed by atoms with Crippen molar-refractivity contribution in [2.75, 3.05) is 6.54 Å². The highest BCUT2D eigenvalue weighted by Crippen LogP contribution is 2.43. The van der Waals surface area contributed by atoms with E-state index in [1.54, 1.807) is 0 Å². The molecule has 1 saturated heterocycles. The summed E-state index contributed by atoms with van der Waals surface area (Å²) in [4.78, 5) is 29.8. The molecule has 41 heavy (non-hydrogen) atoms. The number of halogens is 4. The number of aliphatic hydroxyl groups excluding tert-OH is 1. The lowest BCUT2D eigenvalue weighted by Gasteiger charge is -2.41. The standard InChI is InChI=1S/C26H31F4N7O4/c1-2-36-18(7-9-32-36)21(38)34-20(15-4-3-8-25(27,28)10-15)17-12-37-19(33-17)6-5-16(35-37)11-24(23(40)41)13-26(29,30)14-31-22(24)39/h5-7,9,12,15,20,22,31,39H,2-4,8,10-11,13-14H2,1H3,(H,34,38)(H,40,41). The summed E-state index contributed by atoms with van der Waals surface area (Å²) in [5.41, 5.74) is -1.33. The Labute approximate surface area is 231 Å². The Bertz CT molecular complexity index is 1440. The van der Waals surface area contributed by atoms with Gasteiger partial charge in [0, 0.05) is 38.4 Å². The number of aliphatic carboxylic acids is 1. The third kappa shape index (κ3) is 5.77. The number of carbonyl (C=O) groups excluding carboxylic acids is 1. The van der Waals surface area contributed by atoms with Crippen molar-refractivity contribution in [1.82, 2.24) is 35.0 Å². The van der Waals surface area contributed by atoms with Crippen LogP contribution in [0.2, 0.25) is 0 Å². The number of aliphatic hydroxyl groups is 1. The van der Waals surface area contributed by atoms with Crippen LogP contribution in [-0.4, -0.2) is 71.1 Å². The molecule has 4 unspecified atom stereocenters. The molecule has 4 heterocycles. The highest BCUT2D eigenvalue weighted by atomic mass is 19.3. The first kappa shape index (κ1) is 28.9. The molecular formula is C26H31F4N7O4. The third-order valence-electron chi connectivity index (χ3n) is 7.97. The van der Waals surface area contributed by atoms with Gasteiger partial charge in [0.2, 0.25) is 5.92 Å². The Morgan fingerprint density at radius 1 is 1.22 bits per heavy atom. The van der Waals surface area contributed by atoms with Gasteiger partial charge in [0.25, 0.3) is 11.8 Å². The molecule has 0 bridgehead atoms. The van der Waals surface area contributed by atoms with Gasteiger partial charge < -0.3 is 15.5 Å². The number of amides is 1. The number of alkyl halides is 4. The fraction of sp³-hybridized carbons (Fsp3) is 0.577. The highest BCUT2D eigenvalue weighted by molar-refractivity contribution is 5.92. The number of aromatic nitrogens is 5. The number of carboxylic acids is 1. The first-order chi connectivity index (χ1) is 19.3. The summed E-state index contributed by atoms with van der Waals surface area (Å²) >= 11 is 0. The number of carbonyl (C=O) groups is 2. The van der Waals surface area contributed by atoms with Gasteiger partial charge in [-0.05, 0) is 43.9 Å². The van der Waals surface area contributed by atoms with Gasteiger partial charge in [-0.15, -0.1) is 0 Å². The zero-order valence-corrected chi connectivity index (χ0v) is 22.2. The molecule has 1 amide bonds. The minimum atomic E-state index is -3.36. The van der Waals surface area contributed by atoms with Crippen molar-refractivity contribution >= 4 is 17.5 Å². The zero-order chi connectivity index (χ0) is 29.6. The maximum Gasteiger partial charge on any atom is 0.314 e. The maximum atomic E-state index is 14.4. The Morgan fingerprint density at radius 2 is 2.00 bits per heavy atom. The molecule has 11 nitrogen and oxygen atoms in total. The quantitative estimate of drug-likeness (QED) is 0.297. The van der Waals surface area contributed by atoms with Gasteiger partial charge in [0.1, 0.15) is 17.3 Å². The van der Waals surface area contributed by atoms with Crippen molar-refractivity contribution in [3.63, 3.8) is 0 Å². The van der Waals surface area contributed by atoms with E-state index >= 15 is 0 Å². The molecule has 0 radical (unpaired) electrons. The predicted octanol–water partition coefficient (Wildman–Crippen LogP) is 2.80. The fourth-order valence-corrected chi connectivity index (χ4v) is 5.92. The van der Waals surface area contributed by atoms with Crippen molar-refractivity contribution in [1.29, 1.82) is 0 Å². The number of hydrogen-bond acceptors (Lipinski definition) is 7. The number of nitrogens with one attached hydrogen (secondary N) is 2. The normalized spacial score (nSPS) is 26.5. The van der Waals surface area contributed by atoms with Crippen molar-refractivity contribution in [2.45, 2.75) is 76.1 Å². The van der Waals surface area contributed by atoms with E-state index in [1.807, 2.05) is 6.92 Å². The smallest absolute Gasteiger partial charge is 0.314 e. The van der Waals surface area contributed by atoms with Crippen molar-refractivity contribution < 1.29 is 37.4 Å². The Hall–Kier alpha value is -3.59. The topological polar surface area (TPSA) is 147 Å². The molecular weight excluding hydrogens is 550 g/mol. The lowest BCUT2D eigenvalue weighted by atomic mass is 9.74. The number of carboxylic acid groups (broad SMARTS) is 1. The number of hydrogen-bond donors (Lipinski definition) is 4. The minimum absolute atomic E-state index is 0.0963. The Morgan fingerprint density at radius 3 is 2.71 bits per heavy atom. The number of fused-ring (bicyclic) bond motifs is 1. The summed E-state index contributed by atoms with van der Waals surface area (Å²) in [6, 6.07) is 3.53. The molecule has 3 aromatic rings. The summed E-state index contributed by atoms with van der Waals surface area (Å²) in [6.07, 6.45) is -0.402. The molecule has 2 aliphatic rings. The van der Waals surface area contributed by atoms with E-state index in [0.717, 1.165) is 0 Å². The maximum absolute atomic E-state index is 14.4. The number of imidazole rings is 1. The number of rotatable bonds is 8. The molecule has 0 aromatic carbocycles. The first-order valence-corrected chi connectivity index (χ1v) is 13.4. The second kappa shape index (κ2) is 10.7. The van der Waals surface area contributed by atoms with Crippen molar-refractivity contribution in [2.24, 2.45) is 11.3 Å². The molecule has 15 heteroatoms. The van der Waals surface area contributed by atoms with Crippen molar-refractivity contribution in [3.05, 3.63) is 47.7 Å². The largest absolute Gasteiger partial charge is 0.481 e. The van der Waals surface area contributed by atoms with Crippen molar-refractivity contribution in [3.8, 4) is 0 Å². The van der Waals surface area contributed by atoms with Crippen LogP contribution in [0.15, 0.2) is 30.6 Å². The van der Waals surface area contributed by atoms with E-state index in [2.05, 4.69) is 25.8 Å². The second-order valence-electron chi connectivity index (χ2n) is 10.9. The van der Waals surface area contributed by atoms with Crippen LogP contribution in [0, 0.1) is 11.3 Å². The van der Waals surface area contributed by atoms with Crippen LogP contribution < -0.4 is 10.6 Å². The van der Waals surface area contributed by atoms with E-state index < -0.39 is 73.1 Å². The van der Waals surface area contributed by atoms with Crippen LogP contribution in [0.25, 0.3) is 5.65 Å². The summed E-state index contributed by atoms with van der Waals surface area (Å²) < 4.78 is 60.0. The molecule has 222 valence electrons. The molecule has 1 aliphatic carbocycles. The summed E-state index contributed by atoms with van der Waals surface area (Å²) in [5, 5.41) is 33.7. The molecule has 4 N–H and O–H groups in total. The van der Waals surface area contributed by atoms with Gasteiger partial charge in [-0.1, -0.05) is 0 Å². The Balaban J connectivity index is 1.47. The van der Waals surface area contributed by atoms with Gasteiger partial charge in [-0.25, -0.2) is 27.1 Å². The summed E-state index contributed by atoms with van der Waals surface area (Å²) in [5.74, 6) is -8.99. The van der Waals surface area contributed by atoms with E-state index in [9.17, 15) is 37.4 Å². The molecule has 1 saturated carbocycles. The Kier molecular flexibility index (Phi) is 7.53. The highest BCUT2D eigenvalue weighted by Gasteiger charge is 2.56. The van der Waals surface area contributed by atoms with Crippen LogP contribution in [0.4, 0.5) is 17.6 Å². The lowest BCUT2D eigenvalue weighted by molar-refractivity contribution is -0.181. The number of piperidine rings is 1. The molecule has 4 atom stereocenters. The zero-order valence-electron chi connectivity index (χ0n) is 22.2. The van der Waals surface area contributed by atoms with Gasteiger partial charge in [0.15, 0.2) is 5.65 Å².